The molecule has 30 heavy (non-hydrogen) atoms. The molecule has 0 aromatic heterocycles. The second-order valence-electron chi connectivity index (χ2n) is 7.05. The van der Waals surface area contributed by atoms with Gasteiger partial charge in [0.1, 0.15) is 0 Å². The van der Waals surface area contributed by atoms with Crippen molar-refractivity contribution in [1.29, 1.82) is 0 Å². The number of rotatable bonds is 6. The molecule has 1 atom stereocenters. The van der Waals surface area contributed by atoms with Crippen LogP contribution in [-0.2, 0) is 14.3 Å². The first kappa shape index (κ1) is 21.0. The summed E-state index contributed by atoms with van der Waals surface area (Å²) in [6.07, 6.45) is -1.36. The van der Waals surface area contributed by atoms with E-state index < -0.39 is 24.0 Å². The van der Waals surface area contributed by atoms with Crippen molar-refractivity contribution in [1.82, 2.24) is 0 Å². The SMILES string of the molecule is CC(C)c1ccc(C(=O)OC(=O)C(OC(=O)c2ccccc2)c2ccccc2)cc1. The maximum Gasteiger partial charge on any atom is 0.360 e. The lowest BCUT2D eigenvalue weighted by Crippen LogP contribution is -2.24. The van der Waals surface area contributed by atoms with Crippen LogP contribution in [0.25, 0.3) is 0 Å². The molecular formula is C25H22O5. The predicted octanol–water partition coefficient (Wildman–Crippen LogP) is 5.09. The molecule has 3 aromatic carbocycles. The standard InChI is InChI=1S/C25H22O5/c1-17(2)18-13-15-21(16-14-18)24(27)30-25(28)22(19-9-5-3-6-10-19)29-23(26)20-11-7-4-8-12-20/h3-17,22H,1-2H3. The summed E-state index contributed by atoms with van der Waals surface area (Å²) in [5, 5.41) is 0. The Morgan fingerprint density at radius 1 is 0.633 bits per heavy atom. The second-order valence-corrected chi connectivity index (χ2v) is 7.05. The Labute approximate surface area is 175 Å². The van der Waals surface area contributed by atoms with Crippen molar-refractivity contribution >= 4 is 17.9 Å². The predicted molar refractivity (Wildman–Crippen MR) is 112 cm³/mol. The molecule has 0 aliphatic heterocycles. The second kappa shape index (κ2) is 9.65. The topological polar surface area (TPSA) is 69.7 Å². The fraction of sp³-hybridized carbons (Fsp3) is 0.160. The lowest BCUT2D eigenvalue weighted by molar-refractivity contribution is -0.148. The number of benzene rings is 3. The van der Waals surface area contributed by atoms with E-state index in [1.165, 1.54) is 0 Å². The van der Waals surface area contributed by atoms with Crippen LogP contribution < -0.4 is 0 Å². The average molecular weight is 402 g/mol. The van der Waals surface area contributed by atoms with Gasteiger partial charge >= 0.3 is 17.9 Å². The maximum absolute atomic E-state index is 12.7. The van der Waals surface area contributed by atoms with E-state index in [1.54, 1.807) is 72.8 Å². The Morgan fingerprint density at radius 2 is 1.17 bits per heavy atom. The van der Waals surface area contributed by atoms with Crippen LogP contribution in [-0.4, -0.2) is 17.9 Å². The molecule has 5 nitrogen and oxygen atoms in total. The highest BCUT2D eigenvalue weighted by molar-refractivity contribution is 5.99. The number of carbonyl (C=O) groups excluding carboxylic acids is 3. The molecule has 152 valence electrons. The van der Waals surface area contributed by atoms with Gasteiger partial charge in [0.15, 0.2) is 0 Å². The van der Waals surface area contributed by atoms with Gasteiger partial charge in [-0.2, -0.15) is 0 Å². The van der Waals surface area contributed by atoms with Crippen molar-refractivity contribution in [2.24, 2.45) is 0 Å². The fourth-order valence-corrected chi connectivity index (χ4v) is 2.84. The van der Waals surface area contributed by atoms with Crippen LogP contribution in [0.3, 0.4) is 0 Å². The normalized spacial score (nSPS) is 11.6. The van der Waals surface area contributed by atoms with Crippen LogP contribution in [0.2, 0.25) is 0 Å². The van der Waals surface area contributed by atoms with E-state index in [4.69, 9.17) is 9.47 Å². The van der Waals surface area contributed by atoms with Gasteiger partial charge in [0.2, 0.25) is 6.10 Å². The summed E-state index contributed by atoms with van der Waals surface area (Å²) in [5.74, 6) is -2.12. The van der Waals surface area contributed by atoms with Crippen molar-refractivity contribution in [2.45, 2.75) is 25.9 Å². The summed E-state index contributed by atoms with van der Waals surface area (Å²) < 4.78 is 10.4. The van der Waals surface area contributed by atoms with Crippen molar-refractivity contribution in [3.05, 3.63) is 107 Å². The molecule has 0 saturated carbocycles. The Kier molecular flexibility index (Phi) is 6.75. The van der Waals surface area contributed by atoms with E-state index in [-0.39, 0.29) is 5.56 Å². The quantitative estimate of drug-likeness (QED) is 0.424. The van der Waals surface area contributed by atoms with Gasteiger partial charge in [0.25, 0.3) is 0 Å². The van der Waals surface area contributed by atoms with E-state index in [9.17, 15) is 14.4 Å². The molecule has 0 radical (unpaired) electrons. The molecule has 0 aliphatic rings. The van der Waals surface area contributed by atoms with Gasteiger partial charge < -0.3 is 9.47 Å². The van der Waals surface area contributed by atoms with Gasteiger partial charge in [-0.25, -0.2) is 14.4 Å². The Hall–Kier alpha value is -3.73. The van der Waals surface area contributed by atoms with E-state index in [0.29, 0.717) is 17.0 Å². The zero-order chi connectivity index (χ0) is 21.5. The summed E-state index contributed by atoms with van der Waals surface area (Å²) in [5.41, 5.74) is 2.02. The molecule has 0 N–H and O–H groups in total. The summed E-state index contributed by atoms with van der Waals surface area (Å²) >= 11 is 0. The maximum atomic E-state index is 12.7. The number of carbonyl (C=O) groups is 3. The van der Waals surface area contributed by atoms with E-state index in [0.717, 1.165) is 5.56 Å². The highest BCUT2D eigenvalue weighted by atomic mass is 16.6. The fourth-order valence-electron chi connectivity index (χ4n) is 2.84. The summed E-state index contributed by atoms with van der Waals surface area (Å²) in [4.78, 5) is 37.7. The molecule has 0 spiro atoms. The highest BCUT2D eigenvalue weighted by Gasteiger charge is 2.29. The number of ether oxygens (including phenoxy) is 2. The Bertz CT molecular complexity index is 1010. The lowest BCUT2D eigenvalue weighted by atomic mass is 10.0. The van der Waals surface area contributed by atoms with Crippen molar-refractivity contribution in [2.75, 3.05) is 0 Å². The van der Waals surface area contributed by atoms with Crippen molar-refractivity contribution in [3.63, 3.8) is 0 Å². The largest absolute Gasteiger partial charge is 0.442 e. The molecule has 0 heterocycles. The molecule has 5 heteroatoms. The lowest BCUT2D eigenvalue weighted by Gasteiger charge is -2.17. The highest BCUT2D eigenvalue weighted by Crippen LogP contribution is 2.22. The Balaban J connectivity index is 1.78. The van der Waals surface area contributed by atoms with E-state index >= 15 is 0 Å². The van der Waals surface area contributed by atoms with Crippen LogP contribution in [0.4, 0.5) is 0 Å². The first-order chi connectivity index (χ1) is 14.5. The van der Waals surface area contributed by atoms with Crippen LogP contribution in [0.15, 0.2) is 84.9 Å². The summed E-state index contributed by atoms with van der Waals surface area (Å²) in [7, 11) is 0. The van der Waals surface area contributed by atoms with Crippen LogP contribution >= 0.6 is 0 Å². The number of hydrogen-bond acceptors (Lipinski definition) is 5. The Morgan fingerprint density at radius 3 is 1.73 bits per heavy atom. The minimum absolute atomic E-state index is 0.244. The van der Waals surface area contributed by atoms with Crippen LogP contribution in [0.1, 0.15) is 57.7 Å². The molecule has 3 aromatic rings. The van der Waals surface area contributed by atoms with Crippen LogP contribution in [0.5, 0.6) is 0 Å². The van der Waals surface area contributed by atoms with Gasteiger partial charge in [-0.15, -0.1) is 0 Å². The third-order valence-electron chi connectivity index (χ3n) is 4.56. The molecular weight excluding hydrogens is 380 g/mol. The van der Waals surface area contributed by atoms with E-state index in [1.807, 2.05) is 26.0 Å². The van der Waals surface area contributed by atoms with Gasteiger partial charge in [-0.05, 0) is 35.7 Å². The van der Waals surface area contributed by atoms with Gasteiger partial charge in [0.05, 0.1) is 11.1 Å². The molecule has 0 aliphatic carbocycles. The summed E-state index contributed by atoms with van der Waals surface area (Å²) in [6.45, 7) is 4.09. The first-order valence-electron chi connectivity index (χ1n) is 9.62. The minimum atomic E-state index is -1.36. The zero-order valence-electron chi connectivity index (χ0n) is 16.8. The summed E-state index contributed by atoms with van der Waals surface area (Å²) in [6, 6.07) is 23.6. The smallest absolute Gasteiger partial charge is 0.360 e. The first-order valence-corrected chi connectivity index (χ1v) is 9.62. The van der Waals surface area contributed by atoms with Crippen LogP contribution in [0, 0.1) is 0 Å². The minimum Gasteiger partial charge on any atom is -0.442 e. The molecule has 0 bridgehead atoms. The van der Waals surface area contributed by atoms with Crippen molar-refractivity contribution in [3.8, 4) is 0 Å². The van der Waals surface area contributed by atoms with E-state index in [2.05, 4.69) is 0 Å². The number of hydrogen-bond donors (Lipinski definition) is 0. The average Bonchev–Trinajstić information content (AvgIpc) is 2.78. The molecule has 0 saturated heterocycles. The monoisotopic (exact) mass is 402 g/mol. The third kappa shape index (κ3) is 5.20. The zero-order valence-corrected chi connectivity index (χ0v) is 16.8. The molecule has 1 unspecified atom stereocenters. The number of esters is 3. The molecule has 3 rings (SSSR count). The van der Waals surface area contributed by atoms with Gasteiger partial charge in [-0.3, -0.25) is 0 Å². The van der Waals surface area contributed by atoms with Gasteiger partial charge in [-0.1, -0.05) is 74.5 Å². The molecule has 0 amide bonds. The van der Waals surface area contributed by atoms with Crippen molar-refractivity contribution < 1.29 is 23.9 Å². The van der Waals surface area contributed by atoms with Gasteiger partial charge in [0, 0.05) is 5.56 Å². The third-order valence-corrected chi connectivity index (χ3v) is 4.56. The molecule has 0 fully saturated rings.